The average Bonchev–Trinajstić information content (AvgIpc) is 2.71. The molecule has 0 unspecified atom stereocenters. The first-order valence-corrected chi connectivity index (χ1v) is 9.24. The van der Waals surface area contributed by atoms with Gasteiger partial charge in [0.15, 0.2) is 6.10 Å². The van der Waals surface area contributed by atoms with Crippen LogP contribution in [0.2, 0.25) is 0 Å². The average molecular weight is 388 g/mol. The molecule has 1 atom stereocenters. The highest BCUT2D eigenvalue weighted by Gasteiger charge is 2.25. The van der Waals surface area contributed by atoms with E-state index in [-0.39, 0.29) is 5.78 Å². The van der Waals surface area contributed by atoms with Crippen molar-refractivity contribution in [3.8, 4) is 0 Å². The molecule has 0 spiro atoms. The van der Waals surface area contributed by atoms with Gasteiger partial charge in [-0.25, -0.2) is 9.18 Å². The molecule has 3 nitrogen and oxygen atoms in total. The molecule has 146 valence electrons. The molecule has 0 N–H and O–H groups in total. The zero-order valence-corrected chi connectivity index (χ0v) is 16.3. The number of Topliss-reactive ketones (excluding diaryl/α,β-unsaturated/α-hetero) is 1. The molecule has 0 aromatic heterocycles. The fraction of sp³-hybridized carbons (Fsp3) is 0.120. The molecule has 0 aliphatic heterocycles. The van der Waals surface area contributed by atoms with Gasteiger partial charge in [0.1, 0.15) is 5.82 Å². The van der Waals surface area contributed by atoms with Crippen molar-refractivity contribution in [1.82, 2.24) is 0 Å². The Morgan fingerprint density at radius 2 is 1.52 bits per heavy atom. The summed E-state index contributed by atoms with van der Waals surface area (Å²) in [6.07, 6.45) is 1.58. The minimum Gasteiger partial charge on any atom is -0.446 e. The summed E-state index contributed by atoms with van der Waals surface area (Å²) in [6, 6.07) is 20.2. The van der Waals surface area contributed by atoms with Crippen molar-refractivity contribution < 1.29 is 18.7 Å². The maximum absolute atomic E-state index is 13.3. The van der Waals surface area contributed by atoms with E-state index in [4.69, 9.17) is 4.74 Å². The molecule has 0 saturated heterocycles. The van der Waals surface area contributed by atoms with Crippen LogP contribution in [0.5, 0.6) is 0 Å². The van der Waals surface area contributed by atoms with Crippen LogP contribution < -0.4 is 0 Å². The lowest BCUT2D eigenvalue weighted by molar-refractivity contribution is -0.141. The van der Waals surface area contributed by atoms with E-state index in [0.717, 1.165) is 11.1 Å². The normalized spacial score (nSPS) is 12.0. The lowest BCUT2D eigenvalue weighted by Crippen LogP contribution is -2.19. The molecule has 29 heavy (non-hydrogen) atoms. The van der Waals surface area contributed by atoms with Gasteiger partial charge in [0.25, 0.3) is 0 Å². The third-order valence-corrected chi connectivity index (χ3v) is 4.45. The number of aryl methyl sites for hydroxylation is 2. The second-order valence-corrected chi connectivity index (χ2v) is 6.85. The Bertz CT molecular complexity index is 1030. The molecule has 0 saturated carbocycles. The predicted octanol–water partition coefficient (Wildman–Crippen LogP) is 5.62. The molecule has 0 fully saturated rings. The van der Waals surface area contributed by atoms with Gasteiger partial charge >= 0.3 is 5.97 Å². The fourth-order valence-electron chi connectivity index (χ4n) is 2.81. The number of hydrogen-bond donors (Lipinski definition) is 0. The van der Waals surface area contributed by atoms with Crippen LogP contribution in [-0.4, -0.2) is 11.8 Å². The van der Waals surface area contributed by atoms with Crippen molar-refractivity contribution in [2.45, 2.75) is 20.0 Å². The van der Waals surface area contributed by atoms with Gasteiger partial charge in [-0.1, -0.05) is 71.8 Å². The molecule has 0 radical (unpaired) electrons. The van der Waals surface area contributed by atoms with Gasteiger partial charge in [0.05, 0.1) is 0 Å². The third-order valence-electron chi connectivity index (χ3n) is 4.45. The Hall–Kier alpha value is -3.53. The first kappa shape index (κ1) is 20.2. The molecule has 0 aliphatic rings. The zero-order valence-electron chi connectivity index (χ0n) is 16.3. The van der Waals surface area contributed by atoms with Crippen LogP contribution in [0.15, 0.2) is 78.9 Å². The Morgan fingerprint density at radius 1 is 0.897 bits per heavy atom. The van der Waals surface area contributed by atoms with E-state index in [1.165, 1.54) is 24.3 Å². The van der Waals surface area contributed by atoms with E-state index in [1.54, 1.807) is 36.4 Å². The first-order valence-electron chi connectivity index (χ1n) is 9.24. The first-order chi connectivity index (χ1) is 13.9. The third kappa shape index (κ3) is 5.48. The number of carbonyl (C=O) groups is 2. The number of rotatable bonds is 6. The standard InChI is InChI=1S/C25H21FO3/c1-17-6-11-20(12-7-17)24(28)25(21-13-8-18(2)9-14-21)29-23(27)15-10-19-4-3-5-22(26)16-19/h3-16,25H,1-2H3/b15-10+/t25-/m1/s1. The minimum atomic E-state index is -1.07. The molecule has 0 bridgehead atoms. The molecule has 0 heterocycles. The summed E-state index contributed by atoms with van der Waals surface area (Å²) in [5, 5.41) is 0. The number of esters is 1. The van der Waals surface area contributed by atoms with E-state index in [9.17, 15) is 14.0 Å². The summed E-state index contributed by atoms with van der Waals surface area (Å²) < 4.78 is 18.8. The van der Waals surface area contributed by atoms with E-state index in [0.29, 0.717) is 16.7 Å². The van der Waals surface area contributed by atoms with E-state index in [2.05, 4.69) is 0 Å². The van der Waals surface area contributed by atoms with Crippen LogP contribution in [-0.2, 0) is 9.53 Å². The van der Waals surface area contributed by atoms with Crippen LogP contribution in [0.25, 0.3) is 6.08 Å². The number of ether oxygens (including phenoxy) is 1. The number of ketones is 1. The van der Waals surface area contributed by atoms with Crippen molar-refractivity contribution in [2.75, 3.05) is 0 Å². The smallest absolute Gasteiger partial charge is 0.331 e. The zero-order chi connectivity index (χ0) is 20.8. The molecule has 4 heteroatoms. The van der Waals surface area contributed by atoms with Crippen molar-refractivity contribution in [3.05, 3.63) is 113 Å². The van der Waals surface area contributed by atoms with Crippen LogP contribution in [0.4, 0.5) is 4.39 Å². The van der Waals surface area contributed by atoms with E-state index < -0.39 is 17.9 Å². The van der Waals surface area contributed by atoms with Gasteiger partial charge in [-0.15, -0.1) is 0 Å². The van der Waals surface area contributed by atoms with Crippen molar-refractivity contribution >= 4 is 17.8 Å². The highest BCUT2D eigenvalue weighted by Crippen LogP contribution is 2.24. The van der Waals surface area contributed by atoms with Crippen LogP contribution in [0, 0.1) is 19.7 Å². The second-order valence-electron chi connectivity index (χ2n) is 6.85. The molecule has 3 aromatic carbocycles. The lowest BCUT2D eigenvalue weighted by Gasteiger charge is -2.17. The summed E-state index contributed by atoms with van der Waals surface area (Å²) in [7, 11) is 0. The van der Waals surface area contributed by atoms with E-state index >= 15 is 0 Å². The molecular weight excluding hydrogens is 367 g/mol. The Balaban J connectivity index is 1.84. The summed E-state index contributed by atoms with van der Waals surface area (Å²) >= 11 is 0. The highest BCUT2D eigenvalue weighted by atomic mass is 19.1. The molecule has 0 aliphatic carbocycles. The Morgan fingerprint density at radius 3 is 2.14 bits per heavy atom. The largest absolute Gasteiger partial charge is 0.446 e. The van der Waals surface area contributed by atoms with Gasteiger partial charge in [-0.3, -0.25) is 4.79 Å². The topological polar surface area (TPSA) is 43.4 Å². The Labute approximate surface area is 169 Å². The van der Waals surface area contributed by atoms with Gasteiger partial charge < -0.3 is 4.74 Å². The number of benzene rings is 3. The monoisotopic (exact) mass is 388 g/mol. The van der Waals surface area contributed by atoms with Crippen LogP contribution >= 0.6 is 0 Å². The number of halogens is 1. The van der Waals surface area contributed by atoms with Crippen molar-refractivity contribution in [1.29, 1.82) is 0 Å². The maximum Gasteiger partial charge on any atom is 0.331 e. The molecule has 3 rings (SSSR count). The van der Waals surface area contributed by atoms with Crippen LogP contribution in [0.1, 0.15) is 38.7 Å². The van der Waals surface area contributed by atoms with Crippen molar-refractivity contribution in [3.63, 3.8) is 0 Å². The molecule has 3 aromatic rings. The molecule has 0 amide bonds. The summed E-state index contributed by atoms with van der Waals surface area (Å²) in [5.41, 5.74) is 3.64. The quantitative estimate of drug-likeness (QED) is 0.313. The second kappa shape index (κ2) is 9.11. The Kier molecular flexibility index (Phi) is 6.35. The van der Waals surface area contributed by atoms with Gasteiger partial charge in [0, 0.05) is 17.2 Å². The van der Waals surface area contributed by atoms with Gasteiger partial charge in [-0.05, 0) is 37.6 Å². The lowest BCUT2D eigenvalue weighted by atomic mass is 9.98. The minimum absolute atomic E-state index is 0.304. The number of hydrogen-bond acceptors (Lipinski definition) is 3. The summed E-state index contributed by atoms with van der Waals surface area (Å²) in [5.74, 6) is -1.38. The SMILES string of the molecule is Cc1ccc(C(=O)[C@H](OC(=O)/C=C/c2cccc(F)c2)c2ccc(C)cc2)cc1. The van der Waals surface area contributed by atoms with Gasteiger partial charge in [-0.2, -0.15) is 0 Å². The van der Waals surface area contributed by atoms with Gasteiger partial charge in [0.2, 0.25) is 5.78 Å². The van der Waals surface area contributed by atoms with E-state index in [1.807, 2.05) is 38.1 Å². The van der Waals surface area contributed by atoms with Crippen LogP contribution in [0.3, 0.4) is 0 Å². The summed E-state index contributed by atoms with van der Waals surface area (Å²) in [4.78, 5) is 25.4. The number of carbonyl (C=O) groups excluding carboxylic acids is 2. The maximum atomic E-state index is 13.3. The highest BCUT2D eigenvalue weighted by molar-refractivity contribution is 6.01. The van der Waals surface area contributed by atoms with Crippen molar-refractivity contribution in [2.24, 2.45) is 0 Å². The predicted molar refractivity (Wildman–Crippen MR) is 111 cm³/mol. The summed E-state index contributed by atoms with van der Waals surface area (Å²) in [6.45, 7) is 3.87. The fourth-order valence-corrected chi connectivity index (χ4v) is 2.81. The molecular formula is C25H21FO3.